The fourth-order valence-electron chi connectivity index (χ4n) is 4.41. The summed E-state index contributed by atoms with van der Waals surface area (Å²) in [5, 5.41) is 16.9. The van der Waals surface area contributed by atoms with Crippen LogP contribution in [0.15, 0.2) is 23.3 Å². The Kier molecular flexibility index (Phi) is 7.82. The Balaban J connectivity index is 1.25. The predicted octanol–water partition coefficient (Wildman–Crippen LogP) is 1.76. The summed E-state index contributed by atoms with van der Waals surface area (Å²) in [5.74, 6) is 1.15. The van der Waals surface area contributed by atoms with E-state index in [1.165, 1.54) is 6.20 Å². The van der Waals surface area contributed by atoms with E-state index in [0.717, 1.165) is 6.20 Å². The highest BCUT2D eigenvalue weighted by Gasteiger charge is 2.37. The number of carbonyl (C=O) groups is 1. The van der Waals surface area contributed by atoms with E-state index in [4.69, 9.17) is 14.7 Å². The number of hydrogen-bond acceptors (Lipinski definition) is 9. The minimum atomic E-state index is -4.84. The summed E-state index contributed by atoms with van der Waals surface area (Å²) in [7, 11) is 0. The van der Waals surface area contributed by atoms with Gasteiger partial charge in [0.1, 0.15) is 11.6 Å². The minimum absolute atomic E-state index is 0.0231. The van der Waals surface area contributed by atoms with Gasteiger partial charge in [-0.2, -0.15) is 23.5 Å². The van der Waals surface area contributed by atoms with Gasteiger partial charge in [0, 0.05) is 44.4 Å². The Morgan fingerprint density at radius 2 is 2.22 bits per heavy atom. The molecular weight excluding hydrogens is 495 g/mol. The Bertz CT molecular complexity index is 1230. The number of halogens is 3. The van der Waals surface area contributed by atoms with E-state index in [-0.39, 0.29) is 31.6 Å². The first-order chi connectivity index (χ1) is 17.7. The van der Waals surface area contributed by atoms with Gasteiger partial charge >= 0.3 is 6.18 Å². The number of ether oxygens (including phenoxy) is 2. The van der Waals surface area contributed by atoms with E-state index in [0.29, 0.717) is 49.8 Å². The number of alkyl halides is 3. The van der Waals surface area contributed by atoms with Crippen molar-refractivity contribution in [1.82, 2.24) is 20.1 Å². The SMILES string of the molecule is C[C@@H](COCCC(=O)N1CCN2c3ncc(C#N)cc3OCC[C@H]2C1)Nc1cn[nH]c(=O)c1C(F)(F)F. The number of hydrogen-bond donors (Lipinski definition) is 2. The van der Waals surface area contributed by atoms with Crippen LogP contribution in [0.2, 0.25) is 0 Å². The smallest absolute Gasteiger partial charge is 0.423 e. The molecule has 37 heavy (non-hydrogen) atoms. The molecular formula is C23H26F3N7O4. The van der Waals surface area contributed by atoms with Crippen molar-refractivity contribution >= 4 is 17.4 Å². The average Bonchev–Trinajstić information content (AvgIpc) is 3.03. The van der Waals surface area contributed by atoms with Crippen molar-refractivity contribution in [2.24, 2.45) is 0 Å². The second-order valence-electron chi connectivity index (χ2n) is 8.84. The van der Waals surface area contributed by atoms with Crippen LogP contribution in [0.25, 0.3) is 0 Å². The fourth-order valence-corrected chi connectivity index (χ4v) is 4.41. The van der Waals surface area contributed by atoms with Crippen molar-refractivity contribution in [2.45, 2.75) is 38.0 Å². The number of rotatable bonds is 7. The van der Waals surface area contributed by atoms with Gasteiger partial charge < -0.3 is 24.6 Å². The van der Waals surface area contributed by atoms with Crippen molar-refractivity contribution in [1.29, 1.82) is 5.26 Å². The molecule has 4 rings (SSSR count). The largest absolute Gasteiger partial charge is 0.490 e. The first-order valence-corrected chi connectivity index (χ1v) is 11.7. The molecule has 2 aliphatic heterocycles. The number of carbonyl (C=O) groups excluding carboxylic acids is 1. The van der Waals surface area contributed by atoms with Crippen LogP contribution in [-0.4, -0.2) is 77.5 Å². The van der Waals surface area contributed by atoms with Crippen LogP contribution in [0.1, 0.15) is 30.9 Å². The van der Waals surface area contributed by atoms with Crippen molar-refractivity contribution in [3.8, 4) is 11.8 Å². The maximum atomic E-state index is 13.2. The molecule has 0 bridgehead atoms. The van der Waals surface area contributed by atoms with Crippen LogP contribution in [-0.2, 0) is 15.7 Å². The Morgan fingerprint density at radius 1 is 1.41 bits per heavy atom. The molecule has 11 nitrogen and oxygen atoms in total. The van der Waals surface area contributed by atoms with Gasteiger partial charge in [0.2, 0.25) is 5.91 Å². The number of aromatic amines is 1. The summed E-state index contributed by atoms with van der Waals surface area (Å²) < 4.78 is 50.8. The summed E-state index contributed by atoms with van der Waals surface area (Å²) in [4.78, 5) is 32.6. The average molecular weight is 522 g/mol. The van der Waals surface area contributed by atoms with Crippen LogP contribution in [0, 0.1) is 11.3 Å². The summed E-state index contributed by atoms with van der Waals surface area (Å²) in [6.07, 6.45) is -1.61. The molecule has 2 aliphatic rings. The van der Waals surface area contributed by atoms with Gasteiger partial charge in [-0.05, 0) is 6.92 Å². The lowest BCUT2D eigenvalue weighted by Crippen LogP contribution is -2.55. The molecule has 0 aromatic carbocycles. The first-order valence-electron chi connectivity index (χ1n) is 11.7. The van der Waals surface area contributed by atoms with Crippen LogP contribution < -0.4 is 20.5 Å². The quantitative estimate of drug-likeness (QED) is 0.522. The lowest BCUT2D eigenvalue weighted by Gasteiger charge is -2.41. The zero-order valence-corrected chi connectivity index (χ0v) is 20.0. The number of nitrogens with one attached hydrogen (secondary N) is 2. The van der Waals surface area contributed by atoms with E-state index >= 15 is 0 Å². The van der Waals surface area contributed by atoms with Gasteiger partial charge in [0.15, 0.2) is 11.6 Å². The second-order valence-corrected chi connectivity index (χ2v) is 8.84. The zero-order valence-electron chi connectivity index (χ0n) is 20.0. The van der Waals surface area contributed by atoms with Crippen LogP contribution in [0.4, 0.5) is 24.7 Å². The highest BCUT2D eigenvalue weighted by molar-refractivity contribution is 5.76. The molecule has 1 fully saturated rings. The van der Waals surface area contributed by atoms with Gasteiger partial charge in [-0.3, -0.25) is 9.59 Å². The summed E-state index contributed by atoms with van der Waals surface area (Å²) in [6.45, 7) is 3.72. The summed E-state index contributed by atoms with van der Waals surface area (Å²) >= 11 is 0. The fraction of sp³-hybridized carbons (Fsp3) is 0.522. The van der Waals surface area contributed by atoms with E-state index in [1.54, 1.807) is 23.0 Å². The number of piperazine rings is 1. The number of H-pyrrole nitrogens is 1. The van der Waals surface area contributed by atoms with Crippen molar-refractivity contribution < 1.29 is 27.4 Å². The Morgan fingerprint density at radius 3 is 2.97 bits per heavy atom. The molecule has 0 spiro atoms. The monoisotopic (exact) mass is 521 g/mol. The topological polar surface area (TPSA) is 136 Å². The number of aromatic nitrogens is 3. The third-order valence-corrected chi connectivity index (χ3v) is 6.15. The molecule has 14 heteroatoms. The number of pyridine rings is 1. The van der Waals surface area contributed by atoms with Crippen molar-refractivity contribution in [2.75, 3.05) is 49.7 Å². The molecule has 2 aromatic rings. The van der Waals surface area contributed by atoms with Crippen LogP contribution in [0.3, 0.4) is 0 Å². The van der Waals surface area contributed by atoms with E-state index < -0.39 is 29.0 Å². The maximum Gasteiger partial charge on any atom is 0.423 e. The molecule has 198 valence electrons. The number of amides is 1. The van der Waals surface area contributed by atoms with E-state index in [2.05, 4.69) is 26.4 Å². The number of anilines is 2. The molecule has 1 amide bonds. The molecule has 0 unspecified atom stereocenters. The molecule has 1 saturated heterocycles. The van der Waals surface area contributed by atoms with Crippen molar-refractivity contribution in [3.05, 3.63) is 39.9 Å². The molecule has 2 atom stereocenters. The van der Waals surface area contributed by atoms with Gasteiger partial charge in [0.05, 0.1) is 49.7 Å². The Hall–Kier alpha value is -3.86. The molecule has 2 aromatic heterocycles. The molecule has 0 saturated carbocycles. The third kappa shape index (κ3) is 6.11. The lowest BCUT2D eigenvalue weighted by molar-refractivity contribution is -0.138. The third-order valence-electron chi connectivity index (χ3n) is 6.15. The van der Waals surface area contributed by atoms with E-state index in [9.17, 15) is 22.8 Å². The zero-order chi connectivity index (χ0) is 26.6. The standard InChI is InChI=1S/C23H26F3N7O4/c1-14(30-17-11-29-31-22(35)20(17)23(24,25)26)13-36-6-3-19(34)32-4-5-33-16(12-32)2-7-37-18-8-15(9-27)10-28-21(18)33/h8,10-11,14,16H,2-7,12-13H2,1H3,(H2,30,31,35)/t14-,16-/m0/s1. The normalized spacial score (nSPS) is 18.1. The van der Waals surface area contributed by atoms with Crippen molar-refractivity contribution in [3.63, 3.8) is 0 Å². The molecule has 0 radical (unpaired) electrons. The van der Waals surface area contributed by atoms with Gasteiger partial charge in [-0.25, -0.2) is 10.1 Å². The highest BCUT2D eigenvalue weighted by atomic mass is 19.4. The maximum absolute atomic E-state index is 13.2. The molecule has 2 N–H and O–H groups in total. The molecule has 0 aliphatic carbocycles. The lowest BCUT2D eigenvalue weighted by atomic mass is 10.1. The summed E-state index contributed by atoms with van der Waals surface area (Å²) in [6, 6.07) is 3.18. The molecule has 4 heterocycles. The minimum Gasteiger partial charge on any atom is -0.490 e. The predicted molar refractivity (Wildman–Crippen MR) is 125 cm³/mol. The van der Waals surface area contributed by atoms with Gasteiger partial charge in [-0.15, -0.1) is 0 Å². The number of fused-ring (bicyclic) bond motifs is 3. The van der Waals surface area contributed by atoms with E-state index in [1.807, 2.05) is 0 Å². The summed E-state index contributed by atoms with van der Waals surface area (Å²) in [5.41, 5.74) is -2.70. The Labute approximate surface area is 210 Å². The number of nitriles is 1. The highest BCUT2D eigenvalue weighted by Crippen LogP contribution is 2.34. The van der Waals surface area contributed by atoms with Gasteiger partial charge in [-0.1, -0.05) is 0 Å². The number of nitrogens with zero attached hydrogens (tertiary/aromatic N) is 5. The van der Waals surface area contributed by atoms with Crippen LogP contribution in [0.5, 0.6) is 5.75 Å². The second kappa shape index (κ2) is 11.0. The van der Waals surface area contributed by atoms with Crippen LogP contribution >= 0.6 is 0 Å². The van der Waals surface area contributed by atoms with Gasteiger partial charge in [0.25, 0.3) is 5.56 Å². The first kappa shape index (κ1) is 26.2.